The van der Waals surface area contributed by atoms with Crippen LogP contribution in [-0.4, -0.2) is 23.7 Å². The van der Waals surface area contributed by atoms with Crippen molar-refractivity contribution in [3.05, 3.63) is 29.6 Å². The number of benzene rings is 1. The third kappa shape index (κ3) is 2.51. The summed E-state index contributed by atoms with van der Waals surface area (Å²) >= 11 is 3.09. The summed E-state index contributed by atoms with van der Waals surface area (Å²) in [6.45, 7) is 2.99. The topological polar surface area (TPSA) is 20.3 Å². The Morgan fingerprint density at radius 3 is 2.88 bits per heavy atom. The molecule has 0 aliphatic carbocycles. The summed E-state index contributed by atoms with van der Waals surface area (Å²) in [4.78, 5) is 13.5. The summed E-state index contributed by atoms with van der Waals surface area (Å²) in [5.41, 5.74) is 1.04. The van der Waals surface area contributed by atoms with Crippen LogP contribution in [0.5, 0.6) is 0 Å². The number of anilines is 1. The van der Waals surface area contributed by atoms with E-state index in [1.54, 1.807) is 12.1 Å². The SMILES string of the molecule is CC1CCCN1c1ccc(C(=O)CBr)cc1F. The van der Waals surface area contributed by atoms with Gasteiger partial charge in [0.05, 0.1) is 11.0 Å². The molecule has 0 spiro atoms. The van der Waals surface area contributed by atoms with Crippen LogP contribution in [0.4, 0.5) is 10.1 Å². The van der Waals surface area contributed by atoms with E-state index in [9.17, 15) is 9.18 Å². The molecule has 0 aromatic heterocycles. The summed E-state index contributed by atoms with van der Waals surface area (Å²) in [5.74, 6) is -0.393. The van der Waals surface area contributed by atoms with Crippen molar-refractivity contribution in [3.63, 3.8) is 0 Å². The fourth-order valence-corrected chi connectivity index (χ4v) is 2.61. The highest BCUT2D eigenvalue weighted by atomic mass is 79.9. The number of hydrogen-bond donors (Lipinski definition) is 0. The van der Waals surface area contributed by atoms with Crippen molar-refractivity contribution < 1.29 is 9.18 Å². The molecular weight excluding hydrogens is 285 g/mol. The Hall–Kier alpha value is -0.900. The Labute approximate surface area is 109 Å². The first-order valence-electron chi connectivity index (χ1n) is 5.79. The van der Waals surface area contributed by atoms with E-state index in [0.29, 0.717) is 17.3 Å². The molecule has 1 aliphatic rings. The molecule has 92 valence electrons. The number of rotatable bonds is 3. The first kappa shape index (κ1) is 12.6. The number of carbonyl (C=O) groups is 1. The van der Waals surface area contributed by atoms with E-state index in [0.717, 1.165) is 19.4 Å². The van der Waals surface area contributed by atoms with E-state index >= 15 is 0 Å². The molecule has 1 fully saturated rings. The third-order valence-electron chi connectivity index (χ3n) is 3.25. The summed E-state index contributed by atoms with van der Waals surface area (Å²) in [6, 6.07) is 5.13. The molecule has 1 aromatic carbocycles. The van der Waals surface area contributed by atoms with Crippen molar-refractivity contribution in [3.8, 4) is 0 Å². The van der Waals surface area contributed by atoms with Gasteiger partial charge in [0.25, 0.3) is 0 Å². The molecule has 2 nitrogen and oxygen atoms in total. The quantitative estimate of drug-likeness (QED) is 0.630. The molecule has 2 rings (SSSR count). The third-order valence-corrected chi connectivity index (χ3v) is 3.76. The van der Waals surface area contributed by atoms with Gasteiger partial charge in [0, 0.05) is 18.2 Å². The molecule has 0 saturated carbocycles. The van der Waals surface area contributed by atoms with Gasteiger partial charge in [-0.15, -0.1) is 0 Å². The molecule has 0 radical (unpaired) electrons. The van der Waals surface area contributed by atoms with E-state index in [-0.39, 0.29) is 16.9 Å². The number of carbonyl (C=O) groups excluding carboxylic acids is 1. The van der Waals surface area contributed by atoms with Gasteiger partial charge in [-0.1, -0.05) is 15.9 Å². The highest BCUT2D eigenvalue weighted by Crippen LogP contribution is 2.28. The molecule has 1 unspecified atom stereocenters. The molecule has 0 bridgehead atoms. The number of alkyl halides is 1. The van der Waals surface area contributed by atoms with Gasteiger partial charge >= 0.3 is 0 Å². The maximum Gasteiger partial charge on any atom is 0.173 e. The van der Waals surface area contributed by atoms with Gasteiger partial charge < -0.3 is 4.90 Å². The van der Waals surface area contributed by atoms with Crippen LogP contribution in [0.2, 0.25) is 0 Å². The molecule has 1 saturated heterocycles. The average Bonchev–Trinajstić information content (AvgIpc) is 2.74. The van der Waals surface area contributed by atoms with E-state index in [2.05, 4.69) is 27.8 Å². The lowest BCUT2D eigenvalue weighted by Crippen LogP contribution is -2.27. The van der Waals surface area contributed by atoms with Crippen LogP contribution in [0, 0.1) is 5.82 Å². The van der Waals surface area contributed by atoms with Crippen molar-refractivity contribution in [1.82, 2.24) is 0 Å². The smallest absolute Gasteiger partial charge is 0.173 e. The van der Waals surface area contributed by atoms with Gasteiger partial charge in [0.15, 0.2) is 5.78 Å². The number of nitrogens with zero attached hydrogens (tertiary/aromatic N) is 1. The predicted octanol–water partition coefficient (Wildman–Crippen LogP) is 3.39. The average molecular weight is 300 g/mol. The molecular formula is C13H15BrFNO. The highest BCUT2D eigenvalue weighted by molar-refractivity contribution is 9.09. The fourth-order valence-electron chi connectivity index (χ4n) is 2.28. The number of hydrogen-bond acceptors (Lipinski definition) is 2. The Balaban J connectivity index is 2.28. The Bertz CT molecular complexity index is 435. The van der Waals surface area contributed by atoms with E-state index in [1.165, 1.54) is 6.07 Å². The molecule has 1 aromatic rings. The summed E-state index contributed by atoms with van der Waals surface area (Å²) < 4.78 is 14.0. The minimum atomic E-state index is -0.300. The van der Waals surface area contributed by atoms with Gasteiger partial charge in [0.2, 0.25) is 0 Å². The fraction of sp³-hybridized carbons (Fsp3) is 0.462. The highest BCUT2D eigenvalue weighted by Gasteiger charge is 2.23. The maximum atomic E-state index is 14.0. The van der Waals surface area contributed by atoms with Crippen LogP contribution in [0.15, 0.2) is 18.2 Å². The van der Waals surface area contributed by atoms with Crippen LogP contribution in [0.1, 0.15) is 30.1 Å². The molecule has 1 heterocycles. The maximum absolute atomic E-state index is 14.0. The second kappa shape index (κ2) is 5.17. The standard InChI is InChI=1S/C13H15BrFNO/c1-9-3-2-6-16(9)12-5-4-10(7-11(12)15)13(17)8-14/h4-5,7,9H,2-3,6,8H2,1H3. The van der Waals surface area contributed by atoms with Crippen LogP contribution in [0.25, 0.3) is 0 Å². The van der Waals surface area contributed by atoms with Crippen molar-refractivity contribution in [2.75, 3.05) is 16.8 Å². The van der Waals surface area contributed by atoms with Gasteiger partial charge in [-0.25, -0.2) is 4.39 Å². The Kier molecular flexibility index (Phi) is 3.82. The van der Waals surface area contributed by atoms with Crippen molar-refractivity contribution in [2.24, 2.45) is 0 Å². The minimum absolute atomic E-state index is 0.0927. The van der Waals surface area contributed by atoms with Crippen molar-refractivity contribution >= 4 is 27.4 Å². The lowest BCUT2D eigenvalue weighted by molar-refractivity contribution is 0.102. The normalized spacial score (nSPS) is 19.7. The van der Waals surface area contributed by atoms with Crippen LogP contribution >= 0.6 is 15.9 Å². The van der Waals surface area contributed by atoms with Crippen LogP contribution in [0.3, 0.4) is 0 Å². The largest absolute Gasteiger partial charge is 0.366 e. The zero-order valence-electron chi connectivity index (χ0n) is 9.75. The first-order chi connectivity index (χ1) is 8.13. The van der Waals surface area contributed by atoms with E-state index in [4.69, 9.17) is 0 Å². The summed E-state index contributed by atoms with van der Waals surface area (Å²) in [7, 11) is 0. The van der Waals surface area contributed by atoms with Gasteiger partial charge in [0.1, 0.15) is 5.82 Å². The lowest BCUT2D eigenvalue weighted by Gasteiger charge is -2.24. The van der Waals surface area contributed by atoms with Gasteiger partial charge in [-0.05, 0) is 38.0 Å². The second-order valence-corrected chi connectivity index (χ2v) is 4.97. The molecule has 0 N–H and O–H groups in total. The summed E-state index contributed by atoms with van der Waals surface area (Å²) in [5, 5.41) is 0.228. The first-order valence-corrected chi connectivity index (χ1v) is 6.91. The molecule has 1 aliphatic heterocycles. The Morgan fingerprint density at radius 2 is 2.35 bits per heavy atom. The molecule has 17 heavy (non-hydrogen) atoms. The molecule has 1 atom stereocenters. The zero-order chi connectivity index (χ0) is 12.4. The van der Waals surface area contributed by atoms with Crippen molar-refractivity contribution in [1.29, 1.82) is 0 Å². The van der Waals surface area contributed by atoms with Gasteiger partial charge in [-0.2, -0.15) is 0 Å². The number of halogens is 2. The molecule has 4 heteroatoms. The lowest BCUT2D eigenvalue weighted by atomic mass is 10.1. The predicted molar refractivity (Wildman–Crippen MR) is 70.6 cm³/mol. The molecule has 0 amide bonds. The second-order valence-electron chi connectivity index (χ2n) is 4.41. The number of ketones is 1. The Morgan fingerprint density at radius 1 is 1.59 bits per heavy atom. The van der Waals surface area contributed by atoms with E-state index in [1.807, 2.05) is 0 Å². The van der Waals surface area contributed by atoms with E-state index < -0.39 is 0 Å². The van der Waals surface area contributed by atoms with Crippen LogP contribution < -0.4 is 4.90 Å². The minimum Gasteiger partial charge on any atom is -0.366 e. The van der Waals surface area contributed by atoms with Crippen molar-refractivity contribution in [2.45, 2.75) is 25.8 Å². The zero-order valence-corrected chi connectivity index (χ0v) is 11.3. The monoisotopic (exact) mass is 299 g/mol. The van der Waals surface area contributed by atoms with Gasteiger partial charge in [-0.3, -0.25) is 4.79 Å². The summed E-state index contributed by atoms with van der Waals surface area (Å²) in [6.07, 6.45) is 2.20. The van der Waals surface area contributed by atoms with Crippen LogP contribution in [-0.2, 0) is 0 Å². The number of Topliss-reactive ketones (excluding diaryl/α,β-unsaturated/α-hetero) is 1.